The molecule has 0 aliphatic carbocycles. The first-order valence-corrected chi connectivity index (χ1v) is 10.9. The number of nitro benzene ring substituents is 1. The molecule has 0 unspecified atom stereocenters. The van der Waals surface area contributed by atoms with E-state index in [2.05, 4.69) is 10.4 Å². The predicted molar refractivity (Wildman–Crippen MR) is 129 cm³/mol. The molecule has 1 N–H and O–H groups in total. The fourth-order valence-corrected chi connectivity index (χ4v) is 3.61. The van der Waals surface area contributed by atoms with Crippen molar-refractivity contribution in [2.24, 2.45) is 0 Å². The van der Waals surface area contributed by atoms with E-state index in [1.165, 1.54) is 36.4 Å². The summed E-state index contributed by atoms with van der Waals surface area (Å²) >= 11 is 0. The van der Waals surface area contributed by atoms with E-state index >= 15 is 0 Å². The number of benzene rings is 3. The largest absolute Gasteiger partial charge is 0.489 e. The number of ether oxygens (including phenoxy) is 1. The van der Waals surface area contributed by atoms with Gasteiger partial charge in [0.1, 0.15) is 18.2 Å². The van der Waals surface area contributed by atoms with Gasteiger partial charge in [0, 0.05) is 17.7 Å². The summed E-state index contributed by atoms with van der Waals surface area (Å²) in [5.74, 6) is -0.0876. The van der Waals surface area contributed by atoms with Gasteiger partial charge in [0.15, 0.2) is 0 Å². The highest BCUT2D eigenvalue weighted by molar-refractivity contribution is 6.05. The van der Waals surface area contributed by atoms with Crippen LogP contribution in [0, 0.1) is 29.8 Å². The molecular weight excluding hydrogens is 451 g/mol. The molecule has 1 aromatic heterocycles. The zero-order valence-corrected chi connectivity index (χ0v) is 19.2. The maximum Gasteiger partial charge on any atom is 0.269 e. The summed E-state index contributed by atoms with van der Waals surface area (Å²) in [6.45, 7) is 4.34. The number of halogens is 1. The van der Waals surface area contributed by atoms with E-state index in [4.69, 9.17) is 4.74 Å². The number of hydrogen-bond acceptors (Lipinski definition) is 5. The molecule has 0 aliphatic heterocycles. The minimum absolute atomic E-state index is 0.0115. The van der Waals surface area contributed by atoms with E-state index in [1.54, 1.807) is 35.0 Å². The zero-order chi connectivity index (χ0) is 24.9. The lowest BCUT2D eigenvalue weighted by atomic mass is 10.1. The van der Waals surface area contributed by atoms with Crippen LogP contribution in [0.2, 0.25) is 0 Å². The van der Waals surface area contributed by atoms with Crippen molar-refractivity contribution >= 4 is 17.3 Å². The van der Waals surface area contributed by atoms with Crippen molar-refractivity contribution in [1.29, 1.82) is 0 Å². The first kappa shape index (κ1) is 23.6. The van der Waals surface area contributed by atoms with E-state index in [-0.39, 0.29) is 24.0 Å². The van der Waals surface area contributed by atoms with Gasteiger partial charge in [-0.1, -0.05) is 24.3 Å². The lowest BCUT2D eigenvalue weighted by Gasteiger charge is -2.10. The third-order valence-electron chi connectivity index (χ3n) is 5.51. The Bertz CT molecular complexity index is 1370. The van der Waals surface area contributed by atoms with Crippen LogP contribution in [-0.2, 0) is 13.2 Å². The Balaban J connectivity index is 1.42. The summed E-state index contributed by atoms with van der Waals surface area (Å²) in [6, 6.07) is 19.1. The molecule has 0 saturated carbocycles. The molecular formula is C26H23FN4O4. The first-order valence-electron chi connectivity index (χ1n) is 10.9. The van der Waals surface area contributed by atoms with E-state index in [9.17, 15) is 19.3 Å². The van der Waals surface area contributed by atoms with Crippen molar-refractivity contribution in [3.63, 3.8) is 0 Å². The van der Waals surface area contributed by atoms with Crippen LogP contribution in [0.1, 0.15) is 32.9 Å². The topological polar surface area (TPSA) is 99.3 Å². The third kappa shape index (κ3) is 5.70. The van der Waals surface area contributed by atoms with Gasteiger partial charge in [0.2, 0.25) is 0 Å². The Hall–Kier alpha value is -4.53. The molecule has 9 heteroatoms. The SMILES string of the molecule is Cc1nn(Cc2ccc(F)cc2)c(C)c1NC(=O)c1cccc(COc2ccc([N+](=O)[O-])cc2)c1. The fraction of sp³-hybridized carbons (Fsp3) is 0.154. The molecule has 178 valence electrons. The molecule has 4 rings (SSSR count). The van der Waals surface area contributed by atoms with Crippen molar-refractivity contribution in [3.05, 3.63) is 117 Å². The van der Waals surface area contributed by atoms with Gasteiger partial charge in [-0.2, -0.15) is 5.10 Å². The van der Waals surface area contributed by atoms with Gasteiger partial charge >= 0.3 is 0 Å². The lowest BCUT2D eigenvalue weighted by Crippen LogP contribution is -2.14. The molecule has 3 aromatic carbocycles. The van der Waals surface area contributed by atoms with Crippen molar-refractivity contribution in [2.45, 2.75) is 27.0 Å². The second kappa shape index (κ2) is 10.2. The number of anilines is 1. The minimum Gasteiger partial charge on any atom is -0.489 e. The number of amides is 1. The second-order valence-electron chi connectivity index (χ2n) is 8.02. The first-order chi connectivity index (χ1) is 16.8. The second-order valence-corrected chi connectivity index (χ2v) is 8.02. The average Bonchev–Trinajstić information content (AvgIpc) is 3.11. The number of aryl methyl sites for hydroxylation is 1. The maximum atomic E-state index is 13.2. The molecule has 0 spiro atoms. The molecule has 8 nitrogen and oxygen atoms in total. The van der Waals surface area contributed by atoms with Crippen LogP contribution in [0.5, 0.6) is 5.75 Å². The van der Waals surface area contributed by atoms with Crippen LogP contribution in [0.25, 0.3) is 0 Å². The summed E-state index contributed by atoms with van der Waals surface area (Å²) in [6.07, 6.45) is 0. The lowest BCUT2D eigenvalue weighted by molar-refractivity contribution is -0.384. The van der Waals surface area contributed by atoms with E-state index in [1.807, 2.05) is 19.9 Å². The number of carbonyl (C=O) groups is 1. The highest BCUT2D eigenvalue weighted by Gasteiger charge is 2.16. The monoisotopic (exact) mass is 474 g/mol. The van der Waals surface area contributed by atoms with Gasteiger partial charge in [-0.05, 0) is 61.4 Å². The van der Waals surface area contributed by atoms with Gasteiger partial charge in [0.25, 0.3) is 11.6 Å². The van der Waals surface area contributed by atoms with Gasteiger partial charge in [-0.15, -0.1) is 0 Å². The Kier molecular flexibility index (Phi) is 6.86. The van der Waals surface area contributed by atoms with Crippen LogP contribution >= 0.6 is 0 Å². The van der Waals surface area contributed by atoms with Gasteiger partial charge in [-0.25, -0.2) is 4.39 Å². The minimum atomic E-state index is -0.470. The van der Waals surface area contributed by atoms with E-state index < -0.39 is 4.92 Å². The number of rotatable bonds is 8. The van der Waals surface area contributed by atoms with Crippen molar-refractivity contribution in [2.75, 3.05) is 5.32 Å². The molecule has 0 radical (unpaired) electrons. The molecule has 35 heavy (non-hydrogen) atoms. The van der Waals surface area contributed by atoms with Crippen LogP contribution in [0.3, 0.4) is 0 Å². The average molecular weight is 474 g/mol. The number of nitrogens with one attached hydrogen (secondary N) is 1. The smallest absolute Gasteiger partial charge is 0.269 e. The molecule has 0 saturated heterocycles. The number of aromatic nitrogens is 2. The molecule has 0 atom stereocenters. The standard InChI is InChI=1S/C26H23FN4O4/c1-17-25(18(2)30(29-17)15-19-6-8-22(27)9-7-19)28-26(32)21-5-3-4-20(14-21)16-35-24-12-10-23(11-13-24)31(33)34/h3-14H,15-16H2,1-2H3,(H,28,32). The quantitative estimate of drug-likeness (QED) is 0.271. The molecule has 4 aromatic rings. The Labute approximate surface area is 201 Å². The summed E-state index contributed by atoms with van der Waals surface area (Å²) in [7, 11) is 0. The number of non-ortho nitro benzene ring substituents is 1. The van der Waals surface area contributed by atoms with Crippen molar-refractivity contribution < 1.29 is 18.8 Å². The van der Waals surface area contributed by atoms with Crippen molar-refractivity contribution in [1.82, 2.24) is 9.78 Å². The molecule has 0 aliphatic rings. The number of nitrogens with zero attached hydrogens (tertiary/aromatic N) is 3. The normalized spacial score (nSPS) is 10.7. The van der Waals surface area contributed by atoms with E-state index in [0.29, 0.717) is 29.2 Å². The van der Waals surface area contributed by atoms with Crippen LogP contribution in [0.15, 0.2) is 72.8 Å². The van der Waals surface area contributed by atoms with Crippen LogP contribution < -0.4 is 10.1 Å². The molecule has 0 bridgehead atoms. The maximum absolute atomic E-state index is 13.2. The summed E-state index contributed by atoms with van der Waals surface area (Å²) in [5.41, 5.74) is 4.22. The van der Waals surface area contributed by atoms with Gasteiger partial charge in [0.05, 0.1) is 28.5 Å². The number of hydrogen-bond donors (Lipinski definition) is 1. The highest BCUT2D eigenvalue weighted by Crippen LogP contribution is 2.22. The van der Waals surface area contributed by atoms with Gasteiger partial charge < -0.3 is 10.1 Å². The predicted octanol–water partition coefficient (Wildman–Crippen LogP) is 5.43. The molecule has 0 fully saturated rings. The fourth-order valence-electron chi connectivity index (χ4n) is 3.61. The Morgan fingerprint density at radius 3 is 2.46 bits per heavy atom. The third-order valence-corrected chi connectivity index (χ3v) is 5.51. The van der Waals surface area contributed by atoms with Crippen LogP contribution in [-0.4, -0.2) is 20.6 Å². The summed E-state index contributed by atoms with van der Waals surface area (Å²) in [5, 5.41) is 18.2. The Morgan fingerprint density at radius 1 is 1.06 bits per heavy atom. The van der Waals surface area contributed by atoms with Crippen molar-refractivity contribution in [3.8, 4) is 5.75 Å². The molecule has 1 amide bonds. The zero-order valence-electron chi connectivity index (χ0n) is 19.2. The highest BCUT2D eigenvalue weighted by atomic mass is 19.1. The Morgan fingerprint density at radius 2 is 1.77 bits per heavy atom. The van der Waals surface area contributed by atoms with E-state index in [0.717, 1.165) is 16.8 Å². The summed E-state index contributed by atoms with van der Waals surface area (Å²) in [4.78, 5) is 23.3. The van der Waals surface area contributed by atoms with Gasteiger partial charge in [-0.3, -0.25) is 19.6 Å². The summed E-state index contributed by atoms with van der Waals surface area (Å²) < 4.78 is 20.6. The molecule has 1 heterocycles. The number of carbonyl (C=O) groups excluding carboxylic acids is 1. The number of nitro groups is 1. The van der Waals surface area contributed by atoms with Crippen LogP contribution in [0.4, 0.5) is 15.8 Å².